The Morgan fingerprint density at radius 2 is 1.49 bits per heavy atom. The molecule has 2 amide bonds. The van der Waals surface area contributed by atoms with Crippen molar-refractivity contribution in [2.75, 3.05) is 10.8 Å². The van der Waals surface area contributed by atoms with Gasteiger partial charge in [0.2, 0.25) is 11.8 Å². The van der Waals surface area contributed by atoms with Crippen LogP contribution < -0.4 is 9.62 Å². The normalized spacial score (nSPS) is 12.1. The third kappa shape index (κ3) is 9.10. The van der Waals surface area contributed by atoms with E-state index in [4.69, 9.17) is 23.2 Å². The first-order chi connectivity index (χ1) is 21.3. The number of halogens is 3. The first kappa shape index (κ1) is 34.5. The molecule has 11 heteroatoms. The predicted molar refractivity (Wildman–Crippen MR) is 184 cm³/mol. The van der Waals surface area contributed by atoms with E-state index in [2.05, 4.69) is 21.2 Å². The summed E-state index contributed by atoms with van der Waals surface area (Å²) < 4.78 is 30.0. The highest BCUT2D eigenvalue weighted by atomic mass is 79.9. The highest BCUT2D eigenvalue weighted by molar-refractivity contribution is 9.10. The van der Waals surface area contributed by atoms with E-state index in [-0.39, 0.29) is 29.8 Å². The van der Waals surface area contributed by atoms with Gasteiger partial charge in [-0.15, -0.1) is 0 Å². The van der Waals surface area contributed by atoms with Crippen LogP contribution in [-0.2, 0) is 32.6 Å². The summed E-state index contributed by atoms with van der Waals surface area (Å²) in [5, 5.41) is 3.59. The van der Waals surface area contributed by atoms with Crippen molar-refractivity contribution < 1.29 is 18.0 Å². The van der Waals surface area contributed by atoms with Crippen LogP contribution in [0, 0.1) is 6.92 Å². The standard InChI is InChI=1S/C34H34BrCl2N3O4S/c1-23(2)38-34(42)32(20-25-7-5-4-6-8-25)39(21-26-11-18-30(36)31(37)19-26)33(41)22-40(28-14-12-27(35)13-15-28)45(43,44)29-16-9-24(3)10-17-29/h4-19,23,32H,20-22H2,1-3H3,(H,38,42)/t32-/m1/s1. The quantitative estimate of drug-likeness (QED) is 0.164. The second-order valence-electron chi connectivity index (χ2n) is 10.9. The van der Waals surface area contributed by atoms with Crippen LogP contribution in [0.25, 0.3) is 0 Å². The van der Waals surface area contributed by atoms with Crippen LogP contribution in [0.4, 0.5) is 5.69 Å². The highest BCUT2D eigenvalue weighted by Crippen LogP contribution is 2.28. The smallest absolute Gasteiger partial charge is 0.264 e. The van der Waals surface area contributed by atoms with Gasteiger partial charge >= 0.3 is 0 Å². The summed E-state index contributed by atoms with van der Waals surface area (Å²) in [7, 11) is -4.19. The van der Waals surface area contributed by atoms with Gasteiger partial charge in [-0.3, -0.25) is 13.9 Å². The lowest BCUT2D eigenvalue weighted by Crippen LogP contribution is -2.54. The largest absolute Gasteiger partial charge is 0.352 e. The van der Waals surface area contributed by atoms with Crippen LogP contribution >= 0.6 is 39.1 Å². The van der Waals surface area contributed by atoms with Gasteiger partial charge in [0.1, 0.15) is 12.6 Å². The summed E-state index contributed by atoms with van der Waals surface area (Å²) in [5.74, 6) is -0.932. The molecule has 4 aromatic rings. The number of nitrogens with zero attached hydrogens (tertiary/aromatic N) is 2. The van der Waals surface area contributed by atoms with Gasteiger partial charge in [-0.25, -0.2) is 8.42 Å². The van der Waals surface area contributed by atoms with E-state index in [1.807, 2.05) is 51.1 Å². The maximum absolute atomic E-state index is 14.5. The molecule has 0 saturated heterocycles. The fourth-order valence-electron chi connectivity index (χ4n) is 4.74. The van der Waals surface area contributed by atoms with Crippen molar-refractivity contribution in [3.63, 3.8) is 0 Å². The van der Waals surface area contributed by atoms with E-state index in [9.17, 15) is 18.0 Å². The molecule has 0 spiro atoms. The van der Waals surface area contributed by atoms with Crippen molar-refractivity contribution in [3.05, 3.63) is 128 Å². The average Bonchev–Trinajstić information content (AvgIpc) is 3.00. The zero-order valence-electron chi connectivity index (χ0n) is 25.1. The van der Waals surface area contributed by atoms with Crippen LogP contribution in [0.5, 0.6) is 0 Å². The Bertz CT molecular complexity index is 1740. The summed E-state index contributed by atoms with van der Waals surface area (Å²) in [6.45, 7) is 4.97. The van der Waals surface area contributed by atoms with E-state index >= 15 is 0 Å². The average molecular weight is 732 g/mol. The Hall–Kier alpha value is -3.37. The summed E-state index contributed by atoms with van der Waals surface area (Å²) in [4.78, 5) is 29.7. The van der Waals surface area contributed by atoms with Gasteiger partial charge in [0.05, 0.1) is 20.6 Å². The molecule has 0 aliphatic heterocycles. The van der Waals surface area contributed by atoms with Gasteiger partial charge in [-0.2, -0.15) is 0 Å². The molecule has 0 saturated carbocycles. The van der Waals surface area contributed by atoms with Crippen molar-refractivity contribution in [2.24, 2.45) is 0 Å². The van der Waals surface area contributed by atoms with E-state index in [1.54, 1.807) is 54.6 Å². The summed E-state index contributed by atoms with van der Waals surface area (Å²) in [5.41, 5.74) is 2.66. The lowest BCUT2D eigenvalue weighted by Gasteiger charge is -2.34. The molecular weight excluding hydrogens is 697 g/mol. The molecule has 236 valence electrons. The third-order valence-corrected chi connectivity index (χ3v) is 10.1. The Morgan fingerprint density at radius 3 is 2.09 bits per heavy atom. The van der Waals surface area contributed by atoms with Gasteiger partial charge in [0.25, 0.3) is 10.0 Å². The molecule has 0 aromatic heterocycles. The molecule has 0 radical (unpaired) electrons. The van der Waals surface area contributed by atoms with E-state index in [0.29, 0.717) is 21.3 Å². The highest BCUT2D eigenvalue weighted by Gasteiger charge is 2.35. The SMILES string of the molecule is Cc1ccc(S(=O)(=O)N(CC(=O)N(Cc2ccc(Cl)c(Cl)c2)[C@H](Cc2ccccc2)C(=O)NC(C)C)c2ccc(Br)cc2)cc1. The van der Waals surface area contributed by atoms with Gasteiger partial charge in [-0.05, 0) is 80.4 Å². The van der Waals surface area contributed by atoms with Crippen LogP contribution in [0.15, 0.2) is 106 Å². The number of hydrogen-bond donors (Lipinski definition) is 1. The number of nitrogens with one attached hydrogen (secondary N) is 1. The number of carbonyl (C=O) groups is 2. The van der Waals surface area contributed by atoms with Crippen LogP contribution in [0.2, 0.25) is 10.0 Å². The predicted octanol–water partition coefficient (Wildman–Crippen LogP) is 7.42. The van der Waals surface area contributed by atoms with Gasteiger partial charge in [0, 0.05) is 23.5 Å². The Morgan fingerprint density at radius 1 is 0.844 bits per heavy atom. The molecule has 0 unspecified atom stereocenters. The number of aryl methyl sites for hydroxylation is 1. The molecular formula is C34H34BrCl2N3O4S. The van der Waals surface area contributed by atoms with Gasteiger partial charge in [-0.1, -0.05) is 93.2 Å². The third-order valence-electron chi connectivity index (χ3n) is 7.04. The molecule has 0 bridgehead atoms. The number of rotatable bonds is 12. The molecule has 0 fully saturated rings. The van der Waals surface area contributed by atoms with E-state index < -0.39 is 28.5 Å². The number of amides is 2. The molecule has 45 heavy (non-hydrogen) atoms. The molecule has 7 nitrogen and oxygen atoms in total. The molecule has 0 aliphatic carbocycles. The lowest BCUT2D eigenvalue weighted by molar-refractivity contribution is -0.140. The van der Waals surface area contributed by atoms with Gasteiger partial charge in [0.15, 0.2) is 0 Å². The summed E-state index contributed by atoms with van der Waals surface area (Å²) in [6.07, 6.45) is 0.204. The molecule has 0 aliphatic rings. The number of carbonyl (C=O) groups excluding carboxylic acids is 2. The molecule has 1 atom stereocenters. The molecule has 4 aromatic carbocycles. The Kier molecular flexibility index (Phi) is 11.7. The second kappa shape index (κ2) is 15.3. The first-order valence-electron chi connectivity index (χ1n) is 14.3. The maximum atomic E-state index is 14.5. The number of benzene rings is 4. The monoisotopic (exact) mass is 729 g/mol. The zero-order chi connectivity index (χ0) is 32.7. The minimum absolute atomic E-state index is 0.0164. The molecule has 4 rings (SSSR count). The zero-order valence-corrected chi connectivity index (χ0v) is 29.0. The van der Waals surface area contributed by atoms with Crippen molar-refractivity contribution in [2.45, 2.75) is 50.7 Å². The second-order valence-corrected chi connectivity index (χ2v) is 14.5. The minimum atomic E-state index is -4.19. The van der Waals surface area contributed by atoms with Crippen molar-refractivity contribution in [1.82, 2.24) is 10.2 Å². The van der Waals surface area contributed by atoms with Crippen LogP contribution in [-0.4, -0.2) is 43.8 Å². The topological polar surface area (TPSA) is 86.8 Å². The lowest BCUT2D eigenvalue weighted by atomic mass is 10.0. The van der Waals surface area contributed by atoms with E-state index in [0.717, 1.165) is 19.9 Å². The number of sulfonamides is 1. The number of hydrogen-bond acceptors (Lipinski definition) is 4. The molecule has 1 N–H and O–H groups in total. The van der Waals surface area contributed by atoms with E-state index in [1.165, 1.54) is 17.0 Å². The fraction of sp³-hybridized carbons (Fsp3) is 0.235. The summed E-state index contributed by atoms with van der Waals surface area (Å²) >= 11 is 15.9. The number of anilines is 1. The summed E-state index contributed by atoms with van der Waals surface area (Å²) in [6, 6.07) is 26.3. The van der Waals surface area contributed by atoms with Gasteiger partial charge < -0.3 is 10.2 Å². The van der Waals surface area contributed by atoms with Crippen molar-refractivity contribution in [3.8, 4) is 0 Å². The fourth-order valence-corrected chi connectivity index (χ4v) is 6.74. The maximum Gasteiger partial charge on any atom is 0.264 e. The van der Waals surface area contributed by atoms with Crippen molar-refractivity contribution in [1.29, 1.82) is 0 Å². The first-order valence-corrected chi connectivity index (χ1v) is 17.3. The Balaban J connectivity index is 1.81. The van der Waals surface area contributed by atoms with Crippen LogP contribution in [0.3, 0.4) is 0 Å². The molecule has 0 heterocycles. The minimum Gasteiger partial charge on any atom is -0.352 e. The van der Waals surface area contributed by atoms with Crippen LogP contribution in [0.1, 0.15) is 30.5 Å². The van der Waals surface area contributed by atoms with Crippen molar-refractivity contribution >= 4 is 66.7 Å². The Labute approximate surface area is 283 Å².